The summed E-state index contributed by atoms with van der Waals surface area (Å²) in [6.07, 6.45) is 0.908. The van der Waals surface area contributed by atoms with E-state index in [0.717, 1.165) is 22.2 Å². The fourth-order valence-corrected chi connectivity index (χ4v) is 2.40. The number of hydrogen-bond acceptors (Lipinski definition) is 4. The van der Waals surface area contributed by atoms with E-state index in [1.54, 1.807) is 0 Å². The number of carbonyl (C=O) groups excluding carboxylic acids is 1. The summed E-state index contributed by atoms with van der Waals surface area (Å²) in [4.78, 5) is 18.9. The lowest BCUT2D eigenvalue weighted by molar-refractivity contribution is 0.174. The van der Waals surface area contributed by atoms with E-state index in [4.69, 9.17) is 10.5 Å². The Morgan fingerprint density at radius 3 is 2.83 bits per heavy atom. The highest BCUT2D eigenvalue weighted by atomic mass is 16.5. The van der Waals surface area contributed by atoms with Crippen LogP contribution in [0.1, 0.15) is 17.2 Å². The van der Waals surface area contributed by atoms with Gasteiger partial charge < -0.3 is 15.5 Å². The number of benzene rings is 2. The molecular weight excluding hydrogens is 304 g/mol. The Kier molecular flexibility index (Phi) is 4.58. The number of rotatable bonds is 5. The molecule has 1 unspecified atom stereocenters. The van der Waals surface area contributed by atoms with Crippen molar-refractivity contribution in [1.82, 2.24) is 9.97 Å². The molecule has 0 spiro atoms. The molecule has 1 amide bonds. The first-order valence-corrected chi connectivity index (χ1v) is 7.52. The molecule has 1 atom stereocenters. The second-order valence-corrected chi connectivity index (χ2v) is 5.26. The first-order chi connectivity index (χ1) is 11.7. The maximum Gasteiger partial charge on any atom is 0.414 e. The minimum atomic E-state index is -0.588. The largest absolute Gasteiger partial charge is 0.445 e. The van der Waals surface area contributed by atoms with Crippen LogP contribution in [0.3, 0.4) is 0 Å². The number of ether oxygens (including phenoxy) is 1. The maximum absolute atomic E-state index is 11.5. The molecule has 6 nitrogen and oxygen atoms in total. The Bertz CT molecular complexity index is 858. The zero-order chi connectivity index (χ0) is 16.9. The summed E-state index contributed by atoms with van der Waals surface area (Å²) < 4.78 is 4.86. The quantitative estimate of drug-likeness (QED) is 0.628. The van der Waals surface area contributed by atoms with E-state index >= 15 is 0 Å². The smallest absolute Gasteiger partial charge is 0.414 e. The van der Waals surface area contributed by atoms with Gasteiger partial charge in [-0.2, -0.15) is 0 Å². The van der Waals surface area contributed by atoms with E-state index < -0.39 is 6.09 Å². The van der Waals surface area contributed by atoms with Gasteiger partial charge in [-0.05, 0) is 23.3 Å². The van der Waals surface area contributed by atoms with Gasteiger partial charge in [0.05, 0.1) is 17.1 Å². The molecule has 4 N–H and O–H groups in total. The van der Waals surface area contributed by atoms with E-state index in [9.17, 15) is 4.79 Å². The average Bonchev–Trinajstić information content (AvgIpc) is 3.01. The maximum atomic E-state index is 11.5. The zero-order valence-corrected chi connectivity index (χ0v) is 13.0. The van der Waals surface area contributed by atoms with Crippen LogP contribution < -0.4 is 11.1 Å². The number of H-pyrrole nitrogens is 1. The van der Waals surface area contributed by atoms with E-state index in [0.29, 0.717) is 5.95 Å². The summed E-state index contributed by atoms with van der Waals surface area (Å²) in [5, 5.41) is 2.54. The minimum absolute atomic E-state index is 0.141. The van der Waals surface area contributed by atoms with Crippen LogP contribution in [0.25, 0.3) is 11.0 Å². The van der Waals surface area contributed by atoms with Crippen LogP contribution in [-0.2, 0) is 4.74 Å². The van der Waals surface area contributed by atoms with Crippen molar-refractivity contribution in [2.24, 2.45) is 5.73 Å². The lowest BCUT2D eigenvalue weighted by atomic mass is 9.99. The lowest BCUT2D eigenvalue weighted by Crippen LogP contribution is -2.14. The van der Waals surface area contributed by atoms with Crippen molar-refractivity contribution in [3.05, 3.63) is 72.3 Å². The summed E-state index contributed by atoms with van der Waals surface area (Å²) in [7, 11) is 0. The van der Waals surface area contributed by atoms with Crippen molar-refractivity contribution in [2.45, 2.75) is 6.04 Å². The molecule has 0 aliphatic rings. The summed E-state index contributed by atoms with van der Waals surface area (Å²) in [5.41, 5.74) is 9.81. The number of aromatic nitrogens is 2. The van der Waals surface area contributed by atoms with Gasteiger partial charge in [-0.25, -0.2) is 9.78 Å². The van der Waals surface area contributed by atoms with Crippen LogP contribution in [0.4, 0.5) is 10.7 Å². The molecule has 0 bridgehead atoms. The number of fused-ring (bicyclic) bond motifs is 1. The van der Waals surface area contributed by atoms with Gasteiger partial charge in [0, 0.05) is 0 Å². The normalized spacial score (nSPS) is 11.9. The number of nitrogens with two attached hydrogens (primary N) is 1. The van der Waals surface area contributed by atoms with Gasteiger partial charge in [0.1, 0.15) is 6.61 Å². The fourth-order valence-electron chi connectivity index (χ4n) is 2.40. The van der Waals surface area contributed by atoms with Gasteiger partial charge in [0.15, 0.2) is 0 Å². The molecule has 24 heavy (non-hydrogen) atoms. The molecule has 0 aliphatic heterocycles. The Morgan fingerprint density at radius 2 is 2.08 bits per heavy atom. The molecule has 1 aromatic heterocycles. The molecule has 6 heteroatoms. The molecule has 0 aliphatic carbocycles. The van der Waals surface area contributed by atoms with Crippen LogP contribution in [0.2, 0.25) is 0 Å². The van der Waals surface area contributed by atoms with Crippen LogP contribution in [-0.4, -0.2) is 22.7 Å². The van der Waals surface area contributed by atoms with Crippen molar-refractivity contribution in [3.63, 3.8) is 0 Å². The number of nitrogens with one attached hydrogen (secondary N) is 2. The molecule has 0 saturated carbocycles. The molecule has 122 valence electrons. The summed E-state index contributed by atoms with van der Waals surface area (Å²) in [6, 6.07) is 15.3. The van der Waals surface area contributed by atoms with E-state index in [-0.39, 0.29) is 12.6 Å². The number of imidazole rings is 1. The predicted octanol–water partition coefficient (Wildman–Crippen LogP) is 3.35. The Morgan fingerprint density at radius 1 is 1.29 bits per heavy atom. The van der Waals surface area contributed by atoms with Gasteiger partial charge in [0.25, 0.3) is 0 Å². The second-order valence-electron chi connectivity index (χ2n) is 5.26. The topological polar surface area (TPSA) is 93.0 Å². The van der Waals surface area contributed by atoms with Gasteiger partial charge in [-0.1, -0.05) is 49.1 Å². The molecule has 0 radical (unpaired) electrons. The van der Waals surface area contributed by atoms with Crippen molar-refractivity contribution < 1.29 is 9.53 Å². The third kappa shape index (κ3) is 3.44. The van der Waals surface area contributed by atoms with Crippen molar-refractivity contribution in [1.29, 1.82) is 0 Å². The van der Waals surface area contributed by atoms with Crippen LogP contribution in [0.15, 0.2) is 61.2 Å². The molecule has 3 aromatic rings. The van der Waals surface area contributed by atoms with Crippen LogP contribution in [0.5, 0.6) is 0 Å². The molecule has 3 rings (SSSR count). The first-order valence-electron chi connectivity index (χ1n) is 7.52. The highest BCUT2D eigenvalue weighted by Gasteiger charge is 2.12. The van der Waals surface area contributed by atoms with Gasteiger partial charge >= 0.3 is 6.09 Å². The van der Waals surface area contributed by atoms with Crippen molar-refractivity contribution in [3.8, 4) is 0 Å². The predicted molar refractivity (Wildman–Crippen MR) is 93.7 cm³/mol. The second kappa shape index (κ2) is 6.97. The van der Waals surface area contributed by atoms with E-state index in [1.807, 2.05) is 48.5 Å². The molecule has 0 saturated heterocycles. The van der Waals surface area contributed by atoms with Gasteiger partial charge in [0.2, 0.25) is 5.95 Å². The number of amides is 1. The molecular formula is C18H18N4O2. The minimum Gasteiger partial charge on any atom is -0.445 e. The first kappa shape index (κ1) is 15.8. The Labute approximate surface area is 139 Å². The van der Waals surface area contributed by atoms with Crippen LogP contribution >= 0.6 is 0 Å². The fraction of sp³-hybridized carbons (Fsp3) is 0.111. The number of aromatic amines is 1. The molecule has 0 fully saturated rings. The number of anilines is 1. The van der Waals surface area contributed by atoms with Crippen molar-refractivity contribution in [2.75, 3.05) is 11.9 Å². The third-order valence-corrected chi connectivity index (χ3v) is 3.58. The molecule has 2 aromatic carbocycles. The standard InChI is InChI=1S/C18H18N4O2/c1-2-10-24-18(23)22-17-20-14-9-8-13(11-15(14)21-17)16(19)12-6-4-3-5-7-12/h2-9,11,16H,1,10,19H2,(H2,20,21,22,23). The van der Waals surface area contributed by atoms with E-state index in [2.05, 4.69) is 21.9 Å². The average molecular weight is 322 g/mol. The van der Waals surface area contributed by atoms with E-state index in [1.165, 1.54) is 6.08 Å². The third-order valence-electron chi connectivity index (χ3n) is 3.58. The number of hydrogen-bond donors (Lipinski definition) is 3. The summed E-state index contributed by atoms with van der Waals surface area (Å²) in [5.74, 6) is 0.324. The summed E-state index contributed by atoms with van der Waals surface area (Å²) >= 11 is 0. The van der Waals surface area contributed by atoms with Gasteiger partial charge in [-0.15, -0.1) is 0 Å². The van der Waals surface area contributed by atoms with Gasteiger partial charge in [-0.3, -0.25) is 5.32 Å². The molecule has 1 heterocycles. The van der Waals surface area contributed by atoms with Crippen molar-refractivity contribution >= 4 is 23.1 Å². The Balaban J connectivity index is 1.81. The summed E-state index contributed by atoms with van der Waals surface area (Å²) in [6.45, 7) is 3.63. The number of nitrogens with zero attached hydrogens (tertiary/aromatic N) is 1. The van der Waals surface area contributed by atoms with Crippen LogP contribution in [0, 0.1) is 0 Å². The number of carbonyl (C=O) groups is 1. The zero-order valence-electron chi connectivity index (χ0n) is 13.0. The SMILES string of the molecule is C=CCOC(=O)Nc1nc2cc(C(N)c3ccccc3)ccc2[nH]1. The highest BCUT2D eigenvalue weighted by molar-refractivity contribution is 5.86. The Hall–Kier alpha value is -3.12. The lowest BCUT2D eigenvalue weighted by Gasteiger charge is -2.12. The monoisotopic (exact) mass is 322 g/mol. The highest BCUT2D eigenvalue weighted by Crippen LogP contribution is 2.23.